The van der Waals surface area contributed by atoms with Crippen LogP contribution in [0, 0.1) is 5.92 Å². The van der Waals surface area contributed by atoms with E-state index in [1.807, 2.05) is 4.90 Å². The van der Waals surface area contributed by atoms with Crippen LogP contribution in [0.15, 0.2) is 24.3 Å². The number of hydrogen-bond acceptors (Lipinski definition) is 2. The second-order valence-electron chi connectivity index (χ2n) is 6.73. The first-order valence-corrected chi connectivity index (χ1v) is 8.42. The molecule has 3 rings (SSSR count). The molecule has 0 aromatic heterocycles. The second-order valence-corrected chi connectivity index (χ2v) is 6.73. The second kappa shape index (κ2) is 6.85. The van der Waals surface area contributed by atoms with Crippen LogP contribution in [0.2, 0.25) is 0 Å². The molecule has 0 aliphatic heterocycles. The van der Waals surface area contributed by atoms with Crippen LogP contribution in [0.3, 0.4) is 0 Å². The topological polar surface area (TPSA) is 29.5 Å². The lowest BCUT2D eigenvalue weighted by atomic mass is 9.86. The Kier molecular flexibility index (Phi) is 4.83. The van der Waals surface area contributed by atoms with Crippen LogP contribution in [-0.2, 0) is 0 Å². The fourth-order valence-corrected chi connectivity index (χ4v) is 3.48. The first kappa shape index (κ1) is 16.2. The number of ether oxygens (including phenoxy) is 1. The van der Waals surface area contributed by atoms with Gasteiger partial charge in [-0.15, -0.1) is 0 Å². The summed E-state index contributed by atoms with van der Waals surface area (Å²) >= 11 is 0. The van der Waals surface area contributed by atoms with Crippen LogP contribution >= 0.6 is 0 Å². The van der Waals surface area contributed by atoms with Gasteiger partial charge in [0.1, 0.15) is 5.75 Å². The van der Waals surface area contributed by atoms with Crippen molar-refractivity contribution in [2.45, 2.75) is 64.1 Å². The molecule has 3 nitrogen and oxygen atoms in total. The van der Waals surface area contributed by atoms with Gasteiger partial charge in [0.25, 0.3) is 5.91 Å². The number of nitrogens with zero attached hydrogens (tertiary/aromatic N) is 1. The number of carbonyl (C=O) groups is 1. The van der Waals surface area contributed by atoms with Gasteiger partial charge in [-0.05, 0) is 56.6 Å². The lowest BCUT2D eigenvalue weighted by molar-refractivity contribution is -0.0503. The Morgan fingerprint density at radius 2 is 1.65 bits per heavy atom. The van der Waals surface area contributed by atoms with Crippen LogP contribution in [0.5, 0.6) is 5.75 Å². The van der Waals surface area contributed by atoms with E-state index in [1.54, 1.807) is 18.2 Å². The lowest BCUT2D eigenvalue weighted by Gasteiger charge is -2.36. The minimum absolute atomic E-state index is 0.0256. The highest BCUT2D eigenvalue weighted by atomic mass is 19.3. The molecule has 2 aliphatic carbocycles. The van der Waals surface area contributed by atoms with Crippen LogP contribution in [0.4, 0.5) is 8.78 Å². The Bertz CT molecular complexity index is 552. The molecule has 1 amide bonds. The third kappa shape index (κ3) is 3.82. The molecule has 2 fully saturated rings. The Labute approximate surface area is 135 Å². The third-order valence-corrected chi connectivity index (χ3v) is 4.89. The van der Waals surface area contributed by atoms with Crippen molar-refractivity contribution in [3.63, 3.8) is 0 Å². The Hall–Kier alpha value is -1.65. The zero-order valence-electron chi connectivity index (χ0n) is 13.4. The molecule has 5 heteroatoms. The maximum atomic E-state index is 13.0. The molecule has 0 bridgehead atoms. The number of para-hydroxylation sites is 1. The van der Waals surface area contributed by atoms with E-state index in [0.717, 1.165) is 38.5 Å². The fraction of sp³-hybridized carbons (Fsp3) is 0.611. The molecule has 2 aliphatic rings. The quantitative estimate of drug-likeness (QED) is 0.800. The summed E-state index contributed by atoms with van der Waals surface area (Å²) in [7, 11) is 0. The van der Waals surface area contributed by atoms with Crippen molar-refractivity contribution in [1.82, 2.24) is 4.90 Å². The average molecular weight is 323 g/mol. The monoisotopic (exact) mass is 323 g/mol. The number of rotatable bonds is 5. The first-order chi connectivity index (χ1) is 11.1. The largest absolute Gasteiger partial charge is 0.434 e. The highest BCUT2D eigenvalue weighted by molar-refractivity contribution is 5.97. The van der Waals surface area contributed by atoms with Gasteiger partial charge in [0.2, 0.25) is 0 Å². The maximum absolute atomic E-state index is 13.0. The minimum Gasteiger partial charge on any atom is -0.434 e. The number of hydrogen-bond donors (Lipinski definition) is 0. The predicted octanol–water partition coefficient (Wildman–Crippen LogP) is 4.47. The Morgan fingerprint density at radius 3 is 2.22 bits per heavy atom. The predicted molar refractivity (Wildman–Crippen MR) is 83.7 cm³/mol. The van der Waals surface area contributed by atoms with Gasteiger partial charge in [-0.2, -0.15) is 8.78 Å². The van der Waals surface area contributed by atoms with Crippen molar-refractivity contribution in [2.75, 3.05) is 0 Å². The van der Waals surface area contributed by atoms with Crippen LogP contribution in [0.25, 0.3) is 0 Å². The molecule has 1 aromatic rings. The summed E-state index contributed by atoms with van der Waals surface area (Å²) in [6, 6.07) is 6.82. The molecule has 0 unspecified atom stereocenters. The summed E-state index contributed by atoms with van der Waals surface area (Å²) in [6.07, 6.45) is 6.26. The fourth-order valence-electron chi connectivity index (χ4n) is 3.48. The highest BCUT2D eigenvalue weighted by Gasteiger charge is 2.39. The molecule has 2 saturated carbocycles. The molecule has 0 radical (unpaired) electrons. The van der Waals surface area contributed by atoms with Crippen LogP contribution < -0.4 is 4.74 Å². The van der Waals surface area contributed by atoms with E-state index in [4.69, 9.17) is 0 Å². The molecule has 23 heavy (non-hydrogen) atoms. The zero-order chi connectivity index (χ0) is 16.4. The number of halogens is 2. The first-order valence-electron chi connectivity index (χ1n) is 8.42. The summed E-state index contributed by atoms with van der Waals surface area (Å²) < 4.78 is 29.7. The van der Waals surface area contributed by atoms with Gasteiger partial charge < -0.3 is 9.64 Å². The van der Waals surface area contributed by atoms with Crippen molar-refractivity contribution in [3.05, 3.63) is 29.8 Å². The van der Waals surface area contributed by atoms with Gasteiger partial charge >= 0.3 is 6.61 Å². The van der Waals surface area contributed by atoms with Crippen LogP contribution in [0.1, 0.15) is 55.8 Å². The van der Waals surface area contributed by atoms with E-state index in [-0.39, 0.29) is 29.3 Å². The molecule has 0 heterocycles. The van der Waals surface area contributed by atoms with Gasteiger partial charge in [0, 0.05) is 12.1 Å². The molecular formula is C18H23F2NO2. The van der Waals surface area contributed by atoms with E-state index in [0.29, 0.717) is 5.92 Å². The Balaban J connectivity index is 1.82. The number of amides is 1. The molecular weight excluding hydrogens is 300 g/mol. The molecule has 0 spiro atoms. The zero-order valence-corrected chi connectivity index (χ0v) is 13.4. The van der Waals surface area contributed by atoms with Gasteiger partial charge in [-0.1, -0.05) is 19.1 Å². The lowest BCUT2D eigenvalue weighted by Crippen LogP contribution is -2.43. The van der Waals surface area contributed by atoms with Gasteiger partial charge in [-0.25, -0.2) is 0 Å². The van der Waals surface area contributed by atoms with E-state index in [2.05, 4.69) is 11.7 Å². The third-order valence-electron chi connectivity index (χ3n) is 4.89. The molecule has 1 aromatic carbocycles. The van der Waals surface area contributed by atoms with Gasteiger partial charge in [-0.3, -0.25) is 4.79 Å². The SMILES string of the molecule is CC1CCC(N(C(=O)c2ccccc2OC(F)F)C2CC2)CC1. The number of alkyl halides is 2. The smallest absolute Gasteiger partial charge is 0.387 e. The molecule has 0 saturated heterocycles. The van der Waals surface area contributed by atoms with Crippen molar-refractivity contribution in [3.8, 4) is 5.75 Å². The van der Waals surface area contributed by atoms with Crippen molar-refractivity contribution < 1.29 is 18.3 Å². The standard InChI is InChI=1S/C18H23F2NO2/c1-12-6-8-13(9-7-12)21(14-10-11-14)17(22)15-4-2-3-5-16(15)23-18(19)20/h2-5,12-14,18H,6-11H2,1H3. The normalized spacial score (nSPS) is 24.5. The van der Waals surface area contributed by atoms with Crippen molar-refractivity contribution >= 4 is 5.91 Å². The maximum Gasteiger partial charge on any atom is 0.387 e. The molecule has 0 N–H and O–H groups in total. The summed E-state index contributed by atoms with van der Waals surface area (Å²) in [4.78, 5) is 15.0. The van der Waals surface area contributed by atoms with E-state index >= 15 is 0 Å². The van der Waals surface area contributed by atoms with Gasteiger partial charge in [0.15, 0.2) is 0 Å². The highest BCUT2D eigenvalue weighted by Crippen LogP contribution is 2.37. The summed E-state index contributed by atoms with van der Waals surface area (Å²) in [5.74, 6) is 0.516. The van der Waals surface area contributed by atoms with Gasteiger partial charge in [0.05, 0.1) is 5.56 Å². The average Bonchev–Trinajstić information content (AvgIpc) is 3.34. The summed E-state index contributed by atoms with van der Waals surface area (Å²) in [6.45, 7) is -0.681. The van der Waals surface area contributed by atoms with E-state index in [9.17, 15) is 13.6 Å². The van der Waals surface area contributed by atoms with Crippen molar-refractivity contribution in [1.29, 1.82) is 0 Å². The molecule has 126 valence electrons. The minimum atomic E-state index is -2.92. The van der Waals surface area contributed by atoms with Crippen molar-refractivity contribution in [2.24, 2.45) is 5.92 Å². The number of carbonyl (C=O) groups excluding carboxylic acids is 1. The van der Waals surface area contributed by atoms with E-state index in [1.165, 1.54) is 6.07 Å². The summed E-state index contributed by atoms with van der Waals surface area (Å²) in [5, 5.41) is 0. The Morgan fingerprint density at radius 1 is 1.09 bits per heavy atom. The van der Waals surface area contributed by atoms with Crippen LogP contribution in [-0.4, -0.2) is 29.5 Å². The number of benzene rings is 1. The molecule has 0 atom stereocenters. The summed E-state index contributed by atoms with van der Waals surface area (Å²) in [5.41, 5.74) is 0.248. The van der Waals surface area contributed by atoms with E-state index < -0.39 is 6.61 Å².